The van der Waals surface area contributed by atoms with E-state index >= 15 is 0 Å². The van der Waals surface area contributed by atoms with Gasteiger partial charge in [-0.25, -0.2) is 0 Å². The Kier molecular flexibility index (Phi) is 2.01. The molecule has 0 heterocycles. The van der Waals surface area contributed by atoms with Crippen LogP contribution >= 0.6 is 0 Å². The largest absolute Gasteiger partial charge is 0.329 e. The molecular weight excluding hydrogens is 136 g/mol. The molecule has 0 aliphatic heterocycles. The molecule has 1 atom stereocenters. The predicted octanol–water partition coefficient (Wildman–Crippen LogP) is 1.07. The zero-order valence-corrected chi connectivity index (χ0v) is 8.15. The van der Waals surface area contributed by atoms with Gasteiger partial charge in [0.25, 0.3) is 0 Å². The van der Waals surface area contributed by atoms with E-state index in [0.717, 1.165) is 6.54 Å². The van der Waals surface area contributed by atoms with E-state index in [9.17, 15) is 0 Å². The van der Waals surface area contributed by atoms with Gasteiger partial charge in [-0.05, 0) is 39.3 Å². The van der Waals surface area contributed by atoms with Gasteiger partial charge in [0.05, 0.1) is 0 Å². The molecule has 1 aliphatic carbocycles. The lowest BCUT2D eigenvalue weighted by molar-refractivity contribution is 0.0987. The molecule has 0 aromatic rings. The van der Waals surface area contributed by atoms with Gasteiger partial charge < -0.3 is 10.6 Å². The average Bonchev–Trinajstić information content (AvgIpc) is 2.67. The molecule has 11 heavy (non-hydrogen) atoms. The molecule has 1 rings (SSSR count). The van der Waals surface area contributed by atoms with E-state index in [4.69, 9.17) is 5.73 Å². The molecule has 0 saturated heterocycles. The van der Waals surface area contributed by atoms with Gasteiger partial charge in [-0.3, -0.25) is 0 Å². The van der Waals surface area contributed by atoms with E-state index in [1.165, 1.54) is 12.8 Å². The zero-order chi connectivity index (χ0) is 8.70. The molecule has 66 valence electrons. The third-order valence-electron chi connectivity index (χ3n) is 3.68. The van der Waals surface area contributed by atoms with Crippen LogP contribution in [0, 0.1) is 5.41 Å². The summed E-state index contributed by atoms with van der Waals surface area (Å²) in [6.45, 7) is 5.36. The molecule has 0 radical (unpaired) electrons. The molecule has 0 aromatic heterocycles. The molecule has 0 spiro atoms. The summed E-state index contributed by atoms with van der Waals surface area (Å²) in [7, 11) is 4.24. The SMILES string of the molecule is CN(C)C(C)(CN)C1(C)CC1. The number of likely N-dealkylation sites (N-methyl/N-ethyl adjacent to an activating group) is 1. The molecule has 2 heteroatoms. The second kappa shape index (κ2) is 2.46. The normalized spacial score (nSPS) is 26.7. The molecule has 2 nitrogen and oxygen atoms in total. The first-order chi connectivity index (χ1) is 4.96. The number of nitrogens with two attached hydrogens (primary N) is 1. The van der Waals surface area contributed by atoms with Crippen molar-refractivity contribution in [2.45, 2.75) is 32.2 Å². The summed E-state index contributed by atoms with van der Waals surface area (Å²) in [5.74, 6) is 0. The third kappa shape index (κ3) is 1.18. The summed E-state index contributed by atoms with van der Waals surface area (Å²) in [6.07, 6.45) is 2.66. The molecule has 1 saturated carbocycles. The van der Waals surface area contributed by atoms with E-state index < -0.39 is 0 Å². The molecule has 1 fully saturated rings. The van der Waals surface area contributed by atoms with Gasteiger partial charge in [0.15, 0.2) is 0 Å². The molecule has 1 unspecified atom stereocenters. The second-order valence-corrected chi connectivity index (χ2v) is 4.43. The molecule has 1 aliphatic rings. The lowest BCUT2D eigenvalue weighted by atomic mass is 9.83. The maximum Gasteiger partial charge on any atom is 0.0350 e. The quantitative estimate of drug-likeness (QED) is 0.662. The Morgan fingerprint density at radius 2 is 1.91 bits per heavy atom. The average molecular weight is 156 g/mol. The first-order valence-electron chi connectivity index (χ1n) is 4.34. The van der Waals surface area contributed by atoms with Crippen molar-refractivity contribution in [1.82, 2.24) is 4.90 Å². The first kappa shape index (κ1) is 9.01. The number of hydrogen-bond donors (Lipinski definition) is 1. The van der Waals surface area contributed by atoms with E-state index in [0.29, 0.717) is 5.41 Å². The number of hydrogen-bond acceptors (Lipinski definition) is 2. The fraction of sp³-hybridized carbons (Fsp3) is 1.00. The summed E-state index contributed by atoms with van der Waals surface area (Å²) in [6, 6.07) is 0. The molecular formula is C9H20N2. The highest BCUT2D eigenvalue weighted by molar-refractivity contribution is 5.08. The van der Waals surface area contributed by atoms with Gasteiger partial charge in [-0.1, -0.05) is 6.92 Å². The Bertz CT molecular complexity index is 150. The molecule has 0 aromatic carbocycles. The maximum atomic E-state index is 5.79. The second-order valence-electron chi connectivity index (χ2n) is 4.43. The monoisotopic (exact) mass is 156 g/mol. The van der Waals surface area contributed by atoms with Crippen LogP contribution in [0.4, 0.5) is 0 Å². The number of nitrogens with zero attached hydrogens (tertiary/aromatic N) is 1. The maximum absolute atomic E-state index is 5.79. The number of rotatable bonds is 3. The van der Waals surface area contributed by atoms with Crippen molar-refractivity contribution in [3.8, 4) is 0 Å². The minimum atomic E-state index is 0.201. The fourth-order valence-corrected chi connectivity index (χ4v) is 1.69. The zero-order valence-electron chi connectivity index (χ0n) is 8.15. The summed E-state index contributed by atoms with van der Waals surface area (Å²) in [5, 5.41) is 0. The van der Waals surface area contributed by atoms with Crippen LogP contribution in [-0.4, -0.2) is 31.1 Å². The summed E-state index contributed by atoms with van der Waals surface area (Å²) >= 11 is 0. The van der Waals surface area contributed by atoms with Crippen LogP contribution in [0.1, 0.15) is 26.7 Å². The highest BCUT2D eigenvalue weighted by Gasteiger charge is 2.53. The Hall–Kier alpha value is -0.0800. The minimum Gasteiger partial charge on any atom is -0.329 e. The van der Waals surface area contributed by atoms with Crippen LogP contribution in [0.25, 0.3) is 0 Å². The Labute approximate surface area is 69.8 Å². The Morgan fingerprint density at radius 1 is 1.45 bits per heavy atom. The molecule has 0 bridgehead atoms. The van der Waals surface area contributed by atoms with Crippen molar-refractivity contribution in [3.63, 3.8) is 0 Å². The lowest BCUT2D eigenvalue weighted by Crippen LogP contribution is -2.53. The van der Waals surface area contributed by atoms with E-state index in [1.54, 1.807) is 0 Å². The van der Waals surface area contributed by atoms with Gasteiger partial charge in [-0.2, -0.15) is 0 Å². The summed E-state index contributed by atoms with van der Waals surface area (Å²) < 4.78 is 0. The van der Waals surface area contributed by atoms with Crippen molar-refractivity contribution in [2.75, 3.05) is 20.6 Å². The predicted molar refractivity (Wildman–Crippen MR) is 48.5 cm³/mol. The van der Waals surface area contributed by atoms with Crippen LogP contribution in [-0.2, 0) is 0 Å². The van der Waals surface area contributed by atoms with Crippen LogP contribution < -0.4 is 5.73 Å². The lowest BCUT2D eigenvalue weighted by Gasteiger charge is -2.41. The van der Waals surface area contributed by atoms with Crippen LogP contribution in [0.2, 0.25) is 0 Å². The van der Waals surface area contributed by atoms with E-state index in [2.05, 4.69) is 32.8 Å². The van der Waals surface area contributed by atoms with Crippen LogP contribution in [0.15, 0.2) is 0 Å². The van der Waals surface area contributed by atoms with Crippen molar-refractivity contribution in [2.24, 2.45) is 11.1 Å². The summed E-state index contributed by atoms with van der Waals surface area (Å²) in [4.78, 5) is 2.26. The van der Waals surface area contributed by atoms with Gasteiger partial charge in [0.1, 0.15) is 0 Å². The van der Waals surface area contributed by atoms with E-state index in [-0.39, 0.29) is 5.54 Å². The highest BCUT2D eigenvalue weighted by Crippen LogP contribution is 2.54. The standard InChI is InChI=1S/C9H20N2/c1-8(5-6-8)9(2,7-10)11(3)4/h5-7,10H2,1-4H3. The Balaban J connectivity index is 2.75. The minimum absolute atomic E-state index is 0.201. The van der Waals surface area contributed by atoms with Crippen molar-refractivity contribution >= 4 is 0 Å². The van der Waals surface area contributed by atoms with E-state index in [1.807, 2.05) is 0 Å². The van der Waals surface area contributed by atoms with Crippen molar-refractivity contribution in [3.05, 3.63) is 0 Å². The van der Waals surface area contributed by atoms with Crippen molar-refractivity contribution in [1.29, 1.82) is 0 Å². The highest BCUT2D eigenvalue weighted by atomic mass is 15.2. The van der Waals surface area contributed by atoms with Crippen molar-refractivity contribution < 1.29 is 0 Å². The van der Waals surface area contributed by atoms with Crippen LogP contribution in [0.5, 0.6) is 0 Å². The molecule has 2 N–H and O–H groups in total. The topological polar surface area (TPSA) is 29.3 Å². The van der Waals surface area contributed by atoms with Crippen LogP contribution in [0.3, 0.4) is 0 Å². The Morgan fingerprint density at radius 3 is 2.00 bits per heavy atom. The fourth-order valence-electron chi connectivity index (χ4n) is 1.69. The van der Waals surface area contributed by atoms with Gasteiger partial charge in [0, 0.05) is 12.1 Å². The smallest absolute Gasteiger partial charge is 0.0350 e. The molecule has 0 amide bonds. The van der Waals surface area contributed by atoms with Gasteiger partial charge in [0.2, 0.25) is 0 Å². The van der Waals surface area contributed by atoms with Gasteiger partial charge in [-0.15, -0.1) is 0 Å². The first-order valence-corrected chi connectivity index (χ1v) is 4.34. The van der Waals surface area contributed by atoms with Gasteiger partial charge >= 0.3 is 0 Å². The third-order valence-corrected chi connectivity index (χ3v) is 3.68. The summed E-state index contributed by atoms with van der Waals surface area (Å²) in [5.41, 5.74) is 6.47.